The topological polar surface area (TPSA) is 37.4 Å². The van der Waals surface area contributed by atoms with E-state index in [-0.39, 0.29) is 36.6 Å². The van der Waals surface area contributed by atoms with E-state index in [1.807, 2.05) is 12.1 Å². The molecule has 0 saturated carbocycles. The number of halogens is 6. The van der Waals surface area contributed by atoms with Gasteiger partial charge in [-0.3, -0.25) is 4.90 Å². The number of benzene rings is 1. The van der Waals surface area contributed by atoms with Crippen LogP contribution in [0.3, 0.4) is 0 Å². The molecular weight excluding hydrogens is 470 g/mol. The van der Waals surface area contributed by atoms with E-state index >= 15 is 0 Å². The van der Waals surface area contributed by atoms with E-state index in [2.05, 4.69) is 35.9 Å². The fraction of sp³-hybridized carbons (Fsp3) is 0.353. The van der Waals surface area contributed by atoms with E-state index in [0.717, 1.165) is 41.9 Å². The average molecular weight is 489 g/mol. The molecule has 0 aliphatic carbocycles. The van der Waals surface area contributed by atoms with Gasteiger partial charge in [0.25, 0.3) is 0 Å². The summed E-state index contributed by atoms with van der Waals surface area (Å²) in [6, 6.07) is 9.83. The predicted octanol–water partition coefficient (Wildman–Crippen LogP) is 4.58. The molecule has 0 spiro atoms. The summed E-state index contributed by atoms with van der Waals surface area (Å²) in [5.74, 6) is -0.218. The Hall–Kier alpha value is -1.06. The lowest BCUT2D eigenvalue weighted by atomic mass is 9.97. The molecule has 0 amide bonds. The molecular formula is C17H19BrCl2F3N3O. The van der Waals surface area contributed by atoms with Gasteiger partial charge in [-0.15, -0.1) is 38.0 Å². The fourth-order valence-electron chi connectivity index (χ4n) is 2.96. The summed E-state index contributed by atoms with van der Waals surface area (Å²) in [7, 11) is 0. The number of hydrogen-bond acceptors (Lipinski definition) is 4. The smallest absolute Gasteiger partial charge is 0.406 e. The molecule has 1 saturated heterocycles. The van der Waals surface area contributed by atoms with Crippen molar-refractivity contribution < 1.29 is 17.9 Å². The highest BCUT2D eigenvalue weighted by Gasteiger charge is 2.31. The first-order valence-corrected chi connectivity index (χ1v) is 8.63. The van der Waals surface area contributed by atoms with Crippen molar-refractivity contribution in [1.82, 2.24) is 15.2 Å². The molecule has 1 aromatic carbocycles. The van der Waals surface area contributed by atoms with Crippen molar-refractivity contribution in [1.29, 1.82) is 0 Å². The predicted molar refractivity (Wildman–Crippen MR) is 106 cm³/mol. The Bertz CT molecular complexity index is 696. The van der Waals surface area contributed by atoms with Gasteiger partial charge in [-0.1, -0.05) is 18.2 Å². The second-order valence-electron chi connectivity index (χ2n) is 5.72. The van der Waals surface area contributed by atoms with Gasteiger partial charge < -0.3 is 10.1 Å². The number of ether oxygens (including phenoxy) is 1. The molecule has 0 unspecified atom stereocenters. The van der Waals surface area contributed by atoms with E-state index in [1.54, 1.807) is 18.3 Å². The number of alkyl halides is 3. The van der Waals surface area contributed by atoms with Crippen LogP contribution in [0.15, 0.2) is 47.2 Å². The Morgan fingerprint density at radius 3 is 2.11 bits per heavy atom. The summed E-state index contributed by atoms with van der Waals surface area (Å²) in [6.45, 7) is 3.44. The molecule has 27 heavy (non-hydrogen) atoms. The maximum Gasteiger partial charge on any atom is 0.573 e. The van der Waals surface area contributed by atoms with Crippen molar-refractivity contribution >= 4 is 40.7 Å². The van der Waals surface area contributed by atoms with Crippen molar-refractivity contribution in [3.05, 3.63) is 58.3 Å². The van der Waals surface area contributed by atoms with Crippen LogP contribution < -0.4 is 10.1 Å². The Morgan fingerprint density at radius 1 is 1.00 bits per heavy atom. The molecule has 1 aromatic heterocycles. The van der Waals surface area contributed by atoms with E-state index in [0.29, 0.717) is 0 Å². The molecule has 1 fully saturated rings. The molecule has 3 rings (SSSR count). The lowest BCUT2D eigenvalue weighted by Gasteiger charge is -2.35. The van der Waals surface area contributed by atoms with Gasteiger partial charge in [0.1, 0.15) is 10.4 Å². The third kappa shape index (κ3) is 6.80. The van der Waals surface area contributed by atoms with Crippen LogP contribution in [0.25, 0.3) is 0 Å². The van der Waals surface area contributed by atoms with E-state index in [9.17, 15) is 13.2 Å². The van der Waals surface area contributed by atoms with Crippen molar-refractivity contribution in [3.8, 4) is 5.75 Å². The lowest BCUT2D eigenvalue weighted by Crippen LogP contribution is -2.45. The average Bonchev–Trinajstić information content (AvgIpc) is 2.58. The first-order chi connectivity index (χ1) is 11.9. The minimum atomic E-state index is -4.69. The third-order valence-corrected chi connectivity index (χ3v) is 4.48. The minimum Gasteiger partial charge on any atom is -0.406 e. The SMILES string of the molecule is Cl.Cl.FC(F)(F)Oc1ccc([C@H](c2ccc(Br)nc2)N2CCNCC2)cc1. The van der Waals surface area contributed by atoms with Crippen LogP contribution in [-0.2, 0) is 0 Å². The summed E-state index contributed by atoms with van der Waals surface area (Å²) in [5.41, 5.74) is 1.90. The van der Waals surface area contributed by atoms with Gasteiger partial charge >= 0.3 is 6.36 Å². The lowest BCUT2D eigenvalue weighted by molar-refractivity contribution is -0.274. The standard InChI is InChI=1S/C17H17BrF3N3O.2ClH/c18-15-6-3-13(11-23-15)16(24-9-7-22-8-10-24)12-1-4-14(5-2-12)25-17(19,20)21;;/h1-6,11,16,22H,7-10H2;2*1H/t16-;;/m1../s1. The van der Waals surface area contributed by atoms with Crippen molar-refractivity contribution in [2.24, 2.45) is 0 Å². The van der Waals surface area contributed by atoms with Crippen molar-refractivity contribution in [2.75, 3.05) is 26.2 Å². The van der Waals surface area contributed by atoms with Gasteiger partial charge in [0.2, 0.25) is 0 Å². The van der Waals surface area contributed by atoms with Gasteiger partial charge in [0, 0.05) is 32.4 Å². The number of aromatic nitrogens is 1. The molecule has 150 valence electrons. The second kappa shape index (κ2) is 10.5. The maximum absolute atomic E-state index is 12.3. The molecule has 2 aromatic rings. The summed E-state index contributed by atoms with van der Waals surface area (Å²) in [5, 5.41) is 3.31. The molecule has 2 heterocycles. The molecule has 1 aliphatic heterocycles. The van der Waals surface area contributed by atoms with Gasteiger partial charge in [0.15, 0.2) is 0 Å². The second-order valence-corrected chi connectivity index (χ2v) is 6.53. The summed E-state index contributed by atoms with van der Waals surface area (Å²) in [4.78, 5) is 6.58. The quantitative estimate of drug-likeness (QED) is 0.639. The van der Waals surface area contributed by atoms with Crippen LogP contribution in [0.2, 0.25) is 0 Å². The molecule has 4 nitrogen and oxygen atoms in total. The van der Waals surface area contributed by atoms with Gasteiger partial charge in [-0.2, -0.15) is 0 Å². The Kier molecular flexibility index (Phi) is 9.30. The number of hydrogen-bond donors (Lipinski definition) is 1. The molecule has 0 radical (unpaired) electrons. The number of rotatable bonds is 4. The first kappa shape index (κ1) is 24.0. The number of pyridine rings is 1. The Balaban J connectivity index is 0.00000182. The molecule has 1 atom stereocenters. The van der Waals surface area contributed by atoms with E-state index < -0.39 is 6.36 Å². The van der Waals surface area contributed by atoms with E-state index in [1.165, 1.54) is 12.1 Å². The van der Waals surface area contributed by atoms with Crippen molar-refractivity contribution in [3.63, 3.8) is 0 Å². The maximum atomic E-state index is 12.3. The first-order valence-electron chi connectivity index (χ1n) is 7.84. The van der Waals surface area contributed by atoms with Crippen LogP contribution in [0.4, 0.5) is 13.2 Å². The zero-order valence-corrected chi connectivity index (χ0v) is 17.3. The Morgan fingerprint density at radius 2 is 1.59 bits per heavy atom. The van der Waals surface area contributed by atoms with E-state index in [4.69, 9.17) is 0 Å². The van der Waals surface area contributed by atoms with Crippen LogP contribution >= 0.6 is 40.7 Å². The molecule has 0 bridgehead atoms. The van der Waals surface area contributed by atoms with Crippen LogP contribution in [0.1, 0.15) is 17.2 Å². The van der Waals surface area contributed by atoms with Gasteiger partial charge in [0.05, 0.1) is 6.04 Å². The minimum absolute atomic E-state index is 0. The van der Waals surface area contributed by atoms with Crippen LogP contribution in [0.5, 0.6) is 5.75 Å². The highest BCUT2D eigenvalue weighted by molar-refractivity contribution is 9.10. The largest absolute Gasteiger partial charge is 0.573 e. The van der Waals surface area contributed by atoms with Crippen molar-refractivity contribution in [2.45, 2.75) is 12.4 Å². The van der Waals surface area contributed by atoms with Crippen LogP contribution in [0, 0.1) is 0 Å². The monoisotopic (exact) mass is 487 g/mol. The summed E-state index contributed by atoms with van der Waals surface area (Å²) >= 11 is 3.33. The highest BCUT2D eigenvalue weighted by atomic mass is 79.9. The highest BCUT2D eigenvalue weighted by Crippen LogP contribution is 2.31. The number of nitrogens with zero attached hydrogens (tertiary/aromatic N) is 2. The zero-order chi connectivity index (χ0) is 17.9. The third-order valence-electron chi connectivity index (χ3n) is 4.01. The number of nitrogens with one attached hydrogen (secondary N) is 1. The zero-order valence-electron chi connectivity index (χ0n) is 14.1. The summed E-state index contributed by atoms with van der Waals surface area (Å²) < 4.78 is 41.7. The fourth-order valence-corrected chi connectivity index (χ4v) is 3.19. The summed E-state index contributed by atoms with van der Waals surface area (Å²) in [6.07, 6.45) is -2.90. The Labute approximate surface area is 176 Å². The van der Waals surface area contributed by atoms with Gasteiger partial charge in [-0.25, -0.2) is 4.98 Å². The van der Waals surface area contributed by atoms with Gasteiger partial charge in [-0.05, 0) is 45.3 Å². The number of piperazine rings is 1. The molecule has 10 heteroatoms. The van der Waals surface area contributed by atoms with Crippen LogP contribution in [-0.4, -0.2) is 42.4 Å². The molecule has 1 aliphatic rings. The normalized spacial score (nSPS) is 16.0. The molecule has 1 N–H and O–H groups in total.